The van der Waals surface area contributed by atoms with Gasteiger partial charge in [-0.05, 0) is 142 Å². The Morgan fingerprint density at radius 2 is 1.69 bits per heavy atom. The summed E-state index contributed by atoms with van der Waals surface area (Å²) in [7, 11) is -1.59. The third-order valence-corrected chi connectivity index (χ3v) is 19.4. The molecule has 3 aliphatic carbocycles. The lowest BCUT2D eigenvalue weighted by Crippen LogP contribution is -2.61. The van der Waals surface area contributed by atoms with Crippen molar-refractivity contribution in [1.29, 1.82) is 0 Å². The van der Waals surface area contributed by atoms with Crippen LogP contribution in [0, 0.1) is 27.3 Å². The Balaban J connectivity index is 0.805. The zero-order valence-electron chi connectivity index (χ0n) is 47.0. The van der Waals surface area contributed by atoms with E-state index in [-0.39, 0.29) is 57.2 Å². The van der Waals surface area contributed by atoms with E-state index in [2.05, 4.69) is 103 Å². The van der Waals surface area contributed by atoms with Crippen molar-refractivity contribution in [2.45, 2.75) is 139 Å². The second-order valence-corrected chi connectivity index (χ2v) is 25.7. The van der Waals surface area contributed by atoms with Crippen LogP contribution in [-0.2, 0) is 16.6 Å². The molecule has 20 heteroatoms. The number of aromatic nitrogens is 3. The number of pyridine rings is 2. The molecule has 3 saturated carbocycles. The number of carbonyl (C=O) groups excluding carboxylic acids is 1. The average molecular weight is 1130 g/mol. The summed E-state index contributed by atoms with van der Waals surface area (Å²) >= 11 is 0. The van der Waals surface area contributed by atoms with Crippen molar-refractivity contribution in [3.63, 3.8) is 0 Å². The van der Waals surface area contributed by atoms with Gasteiger partial charge in [0.2, 0.25) is 5.82 Å². The predicted molar refractivity (Wildman–Crippen MR) is 307 cm³/mol. The molecular weight excluding hydrogens is 1050 g/mol. The number of sulfonamides is 1. The number of benzene rings is 3. The fourth-order valence-electron chi connectivity index (χ4n) is 13.1. The van der Waals surface area contributed by atoms with Gasteiger partial charge in [-0.1, -0.05) is 50.2 Å². The van der Waals surface area contributed by atoms with Crippen molar-refractivity contribution in [1.82, 2.24) is 29.5 Å². The van der Waals surface area contributed by atoms with E-state index in [0.29, 0.717) is 56.1 Å². The zero-order valence-corrected chi connectivity index (χ0v) is 47.9. The first-order valence-electron chi connectivity index (χ1n) is 28.5. The van der Waals surface area contributed by atoms with Crippen LogP contribution in [0.4, 0.5) is 21.6 Å². The summed E-state index contributed by atoms with van der Waals surface area (Å²) in [6, 6.07) is 23.9. The molecule has 11 rings (SSSR count). The van der Waals surface area contributed by atoms with Crippen LogP contribution in [0.2, 0.25) is 0 Å². The Kier molecular flexibility index (Phi) is 15.5. The van der Waals surface area contributed by atoms with Gasteiger partial charge in [-0.15, -0.1) is 0 Å². The standard InChI is InChI=1S/C61H74FN9O9S/c1-37(2)45-9-7-8-10-47(45)52-36-69(35-40-11-15-46(41-12-13-41)53(25-40)78-5)38(3)34-70(52)43-29-61(30-43)21-23-68(24-22-61)42-14-16-48(54(26-42)80-55-28-49-50(62)33-65-56(49)66-59(55)79-6)58(72)67-81(76,77)44-27-51(71(74)75)57(64-32-44)63-31-39-17-19-60(4,73)20-18-39/h7-11,14-16,25-28,32-33,37-39,41,43,52,73H,12-13,17-24,29-31,34-36H2,1-6H3,(H,63,64)(H,65,66)(H,67,72)/t38-,39?,52+,60?/m1/s1. The number of halogens is 1. The van der Waals surface area contributed by atoms with Crippen molar-refractivity contribution in [3.8, 4) is 23.1 Å². The van der Waals surface area contributed by atoms with Gasteiger partial charge in [-0.25, -0.2) is 22.5 Å². The molecule has 3 aromatic carbocycles. The first kappa shape index (κ1) is 56.0. The molecule has 1 spiro atoms. The second-order valence-electron chi connectivity index (χ2n) is 24.0. The summed E-state index contributed by atoms with van der Waals surface area (Å²) in [5.74, 6) is 0.255. The third kappa shape index (κ3) is 11.8. The van der Waals surface area contributed by atoms with Crippen LogP contribution in [-0.4, -0.2) is 114 Å². The lowest BCUT2D eigenvalue weighted by Gasteiger charge is -2.59. The van der Waals surface area contributed by atoms with Gasteiger partial charge >= 0.3 is 5.69 Å². The molecule has 18 nitrogen and oxygen atoms in total. The van der Waals surface area contributed by atoms with Crippen LogP contribution < -0.4 is 29.1 Å². The molecule has 2 atom stereocenters. The van der Waals surface area contributed by atoms with Crippen molar-refractivity contribution in [2.24, 2.45) is 11.3 Å². The van der Waals surface area contributed by atoms with Crippen molar-refractivity contribution < 1.29 is 41.8 Å². The lowest BCUT2D eigenvalue weighted by atomic mass is 9.59. The molecule has 0 unspecified atom stereocenters. The Morgan fingerprint density at radius 1 is 0.938 bits per heavy atom. The number of methoxy groups -OCH3 is 2. The Morgan fingerprint density at radius 3 is 2.40 bits per heavy atom. The number of rotatable bonds is 18. The first-order chi connectivity index (χ1) is 38.8. The van der Waals surface area contributed by atoms with Crippen LogP contribution in [0.3, 0.4) is 0 Å². The number of hydrogen-bond donors (Lipinski definition) is 4. The number of carbonyl (C=O) groups is 1. The summed E-state index contributed by atoms with van der Waals surface area (Å²) in [6.07, 6.45) is 11.2. The maximum Gasteiger partial charge on any atom is 0.312 e. The van der Waals surface area contributed by atoms with Crippen molar-refractivity contribution in [3.05, 3.63) is 129 Å². The van der Waals surface area contributed by atoms with Gasteiger partial charge < -0.3 is 34.5 Å². The number of aromatic amines is 1. The van der Waals surface area contributed by atoms with Gasteiger partial charge in [0.25, 0.3) is 21.8 Å². The summed E-state index contributed by atoms with van der Waals surface area (Å²) in [6.45, 7) is 13.3. The maximum absolute atomic E-state index is 15.0. The highest BCUT2D eigenvalue weighted by molar-refractivity contribution is 7.90. The number of anilines is 2. The molecule has 0 bridgehead atoms. The van der Waals surface area contributed by atoms with Gasteiger partial charge in [0.15, 0.2) is 5.75 Å². The van der Waals surface area contributed by atoms with Crippen molar-refractivity contribution in [2.75, 3.05) is 57.2 Å². The normalized spacial score (nSPS) is 22.6. The van der Waals surface area contributed by atoms with Gasteiger partial charge in [0.05, 0.1) is 41.9 Å². The fraction of sp³-hybridized carbons (Fsp3) is 0.492. The van der Waals surface area contributed by atoms with Gasteiger partial charge in [-0.3, -0.25) is 24.7 Å². The highest BCUT2D eigenvalue weighted by Crippen LogP contribution is 2.54. The monoisotopic (exact) mass is 1130 g/mol. The quantitative estimate of drug-likeness (QED) is 0.0465. The van der Waals surface area contributed by atoms with Crippen LogP contribution >= 0.6 is 0 Å². The predicted octanol–water partition coefficient (Wildman–Crippen LogP) is 11.0. The Hall–Kier alpha value is -6.87. The van der Waals surface area contributed by atoms with E-state index in [1.807, 2.05) is 0 Å². The number of ether oxygens (including phenoxy) is 3. The minimum absolute atomic E-state index is 0.0135. The van der Waals surface area contributed by atoms with Crippen LogP contribution in [0.1, 0.15) is 142 Å². The van der Waals surface area contributed by atoms with Crippen LogP contribution in [0.15, 0.2) is 90.1 Å². The number of piperazine rings is 1. The smallest absolute Gasteiger partial charge is 0.312 e. The summed E-state index contributed by atoms with van der Waals surface area (Å²) in [4.78, 5) is 44.2. The SMILES string of the molecule is COc1cc(CN2C[C@@H](c3ccccc3C(C)C)N(C3CC4(CCN(c5ccc(C(=O)NS(=O)(=O)c6cnc(NCC7CCC(C)(O)CC7)c([N+](=O)[O-])c6)c(Oc6cc7c(F)c[nH]c7nc6OC)c5)CC4)C3)C[C@H]2C)ccc1C1CC1. The van der Waals surface area contributed by atoms with E-state index < -0.39 is 42.9 Å². The molecule has 1 amide bonds. The topological polar surface area (TPSA) is 218 Å². The van der Waals surface area contributed by atoms with Gasteiger partial charge in [0, 0.05) is 87.5 Å². The molecule has 430 valence electrons. The van der Waals surface area contributed by atoms with Crippen LogP contribution in [0.25, 0.3) is 11.0 Å². The number of hydrogen-bond acceptors (Lipinski definition) is 15. The molecular formula is C61H74FN9O9S. The number of nitrogens with zero attached hydrogens (tertiary/aromatic N) is 6. The van der Waals surface area contributed by atoms with Crippen molar-refractivity contribution >= 4 is 44.2 Å². The molecule has 5 fully saturated rings. The summed E-state index contributed by atoms with van der Waals surface area (Å²) in [5, 5.41) is 25.7. The largest absolute Gasteiger partial charge is 0.496 e. The number of nitrogens with one attached hydrogen (secondary N) is 3. The number of nitro groups is 1. The van der Waals surface area contributed by atoms with E-state index in [4.69, 9.17) is 14.2 Å². The van der Waals surface area contributed by atoms with Gasteiger partial charge in [-0.2, -0.15) is 4.98 Å². The van der Waals surface area contributed by atoms with E-state index in [1.165, 1.54) is 54.3 Å². The molecule has 81 heavy (non-hydrogen) atoms. The molecule has 6 aromatic rings. The molecule has 0 radical (unpaired) electrons. The molecule has 5 aliphatic rings. The number of fused-ring (bicyclic) bond motifs is 1. The molecule has 4 N–H and O–H groups in total. The maximum atomic E-state index is 15.0. The van der Waals surface area contributed by atoms with E-state index in [9.17, 15) is 32.8 Å². The highest BCUT2D eigenvalue weighted by Gasteiger charge is 2.51. The summed E-state index contributed by atoms with van der Waals surface area (Å²) < 4.78 is 62.8. The molecule has 2 saturated heterocycles. The number of piperidine rings is 1. The molecule has 5 heterocycles. The van der Waals surface area contributed by atoms with Gasteiger partial charge in [0.1, 0.15) is 27.9 Å². The van der Waals surface area contributed by atoms with E-state index in [1.54, 1.807) is 26.2 Å². The fourth-order valence-corrected chi connectivity index (χ4v) is 14.0. The second kappa shape index (κ2) is 22.5. The van der Waals surface area contributed by atoms with Crippen LogP contribution in [0.5, 0.6) is 23.1 Å². The molecule has 2 aliphatic heterocycles. The molecule has 3 aromatic heterocycles. The van der Waals surface area contributed by atoms with E-state index in [0.717, 1.165) is 88.3 Å². The minimum atomic E-state index is -4.75. The third-order valence-electron chi connectivity index (χ3n) is 18.1. The number of H-pyrrole nitrogens is 1. The van der Waals surface area contributed by atoms with E-state index >= 15 is 0 Å². The zero-order chi connectivity index (χ0) is 57.0. The number of aliphatic hydroxyl groups is 1. The highest BCUT2D eigenvalue weighted by atomic mass is 32.2. The Bertz CT molecular complexity index is 3430. The summed E-state index contributed by atoms with van der Waals surface area (Å²) in [5.41, 5.74) is 4.98. The average Bonchev–Trinajstić information content (AvgIpc) is 4.37. The number of amides is 1. The minimum Gasteiger partial charge on any atom is -0.496 e. The lowest BCUT2D eigenvalue weighted by molar-refractivity contribution is -0.384. The Labute approximate surface area is 473 Å². The first-order valence-corrected chi connectivity index (χ1v) is 30.0.